The summed E-state index contributed by atoms with van der Waals surface area (Å²) < 4.78 is 0. The maximum Gasteiger partial charge on any atom is 0.115 e. The zero-order valence-electron chi connectivity index (χ0n) is 22.9. The van der Waals surface area contributed by atoms with Crippen molar-refractivity contribution in [2.75, 3.05) is 40.3 Å². The van der Waals surface area contributed by atoms with Crippen molar-refractivity contribution in [3.05, 3.63) is 41.7 Å². The molecule has 2 fully saturated rings. The number of nitriles is 1. The molecule has 5 aliphatic rings. The Morgan fingerprint density at radius 2 is 2.11 bits per heavy atom. The van der Waals surface area contributed by atoms with E-state index in [2.05, 4.69) is 71.0 Å². The van der Waals surface area contributed by atoms with Crippen LogP contribution in [-0.2, 0) is 6.42 Å². The van der Waals surface area contributed by atoms with E-state index >= 15 is 0 Å². The number of aryl methyl sites for hydroxylation is 1. The minimum absolute atomic E-state index is 0.0302. The van der Waals surface area contributed by atoms with Crippen molar-refractivity contribution < 1.29 is 0 Å². The molecule has 7 heteroatoms. The third-order valence-corrected chi connectivity index (χ3v) is 9.62. The first-order valence-electron chi connectivity index (χ1n) is 14.6. The molecule has 0 N–H and O–H groups in total. The number of fused-ring (bicyclic) bond motifs is 4. The Labute approximate surface area is 222 Å². The average molecular weight is 502 g/mol. The monoisotopic (exact) mass is 501 g/mol. The van der Waals surface area contributed by atoms with E-state index in [0.717, 1.165) is 58.3 Å². The van der Waals surface area contributed by atoms with E-state index in [1.165, 1.54) is 36.4 Å². The van der Waals surface area contributed by atoms with Crippen LogP contribution < -0.4 is 0 Å². The van der Waals surface area contributed by atoms with E-state index < -0.39 is 0 Å². The van der Waals surface area contributed by atoms with Crippen molar-refractivity contribution in [1.29, 1.82) is 5.26 Å². The van der Waals surface area contributed by atoms with E-state index in [0.29, 0.717) is 18.2 Å². The second-order valence-corrected chi connectivity index (χ2v) is 12.1. The van der Waals surface area contributed by atoms with Gasteiger partial charge in [-0.3, -0.25) is 19.8 Å². The number of nitrogens with zero attached hydrogens (tertiary/aromatic N) is 7. The molecule has 2 aliphatic carbocycles. The van der Waals surface area contributed by atoms with Gasteiger partial charge in [0.1, 0.15) is 11.4 Å². The lowest BCUT2D eigenvalue weighted by molar-refractivity contribution is 0.0361. The van der Waals surface area contributed by atoms with Crippen LogP contribution in [0, 0.1) is 17.2 Å². The Bertz CT molecular complexity index is 1090. The summed E-state index contributed by atoms with van der Waals surface area (Å²) in [6, 6.07) is 8.17. The number of aliphatic imine (C=N–C) groups is 1. The first-order valence-corrected chi connectivity index (χ1v) is 14.6. The number of hydrogen-bond donors (Lipinski definition) is 0. The maximum atomic E-state index is 10.3. The summed E-state index contributed by atoms with van der Waals surface area (Å²) in [6.45, 7) is 6.39. The lowest BCUT2D eigenvalue weighted by Crippen LogP contribution is -2.56. The van der Waals surface area contributed by atoms with Gasteiger partial charge in [-0.2, -0.15) is 5.26 Å². The van der Waals surface area contributed by atoms with Gasteiger partial charge < -0.3 is 9.80 Å². The van der Waals surface area contributed by atoms with Crippen LogP contribution in [0.4, 0.5) is 0 Å². The summed E-state index contributed by atoms with van der Waals surface area (Å²) in [5.74, 6) is 1.18. The van der Waals surface area contributed by atoms with Crippen LogP contribution in [0.15, 0.2) is 35.5 Å². The number of pyridine rings is 1. The predicted molar refractivity (Wildman–Crippen MR) is 147 cm³/mol. The lowest BCUT2D eigenvalue weighted by atomic mass is 9.90. The van der Waals surface area contributed by atoms with Crippen LogP contribution in [0.2, 0.25) is 0 Å². The molecule has 0 aromatic carbocycles. The molecule has 37 heavy (non-hydrogen) atoms. The van der Waals surface area contributed by atoms with Crippen molar-refractivity contribution in [3.8, 4) is 6.07 Å². The fourth-order valence-electron chi connectivity index (χ4n) is 7.74. The molecule has 3 aliphatic heterocycles. The molecule has 0 amide bonds. The van der Waals surface area contributed by atoms with Gasteiger partial charge in [-0.05, 0) is 77.2 Å². The minimum atomic E-state index is -0.300. The average Bonchev–Trinajstić information content (AvgIpc) is 3.49. The molecule has 1 aromatic heterocycles. The molecule has 0 radical (unpaired) electrons. The summed E-state index contributed by atoms with van der Waals surface area (Å²) in [7, 11) is 4.42. The molecule has 198 valence electrons. The third kappa shape index (κ3) is 4.31. The van der Waals surface area contributed by atoms with E-state index in [4.69, 9.17) is 9.98 Å². The number of likely N-dealkylation sites (N-methyl/N-ethyl adjacent to an activating group) is 1. The first-order chi connectivity index (χ1) is 18.1. The van der Waals surface area contributed by atoms with Gasteiger partial charge in [0.15, 0.2) is 0 Å². The Balaban J connectivity index is 1.29. The number of rotatable bonds is 7. The van der Waals surface area contributed by atoms with Crippen molar-refractivity contribution >= 4 is 5.84 Å². The van der Waals surface area contributed by atoms with Gasteiger partial charge in [0.25, 0.3) is 0 Å². The van der Waals surface area contributed by atoms with Crippen LogP contribution >= 0.6 is 0 Å². The Morgan fingerprint density at radius 3 is 2.92 bits per heavy atom. The van der Waals surface area contributed by atoms with Crippen LogP contribution in [0.5, 0.6) is 0 Å². The molecular formula is C30H43N7. The van der Waals surface area contributed by atoms with Gasteiger partial charge >= 0.3 is 0 Å². The lowest BCUT2D eigenvalue weighted by Gasteiger charge is -2.44. The summed E-state index contributed by atoms with van der Waals surface area (Å²) in [6.07, 6.45) is 15.9. The predicted octanol–water partition coefficient (Wildman–Crippen LogP) is 3.85. The van der Waals surface area contributed by atoms with Gasteiger partial charge in [-0.1, -0.05) is 25.1 Å². The van der Waals surface area contributed by atoms with Crippen molar-refractivity contribution in [2.24, 2.45) is 10.9 Å². The van der Waals surface area contributed by atoms with Crippen molar-refractivity contribution in [3.63, 3.8) is 0 Å². The second-order valence-electron chi connectivity index (χ2n) is 12.1. The molecule has 1 aromatic rings. The van der Waals surface area contributed by atoms with Crippen LogP contribution in [-0.4, -0.2) is 94.5 Å². The van der Waals surface area contributed by atoms with Crippen LogP contribution in [0.25, 0.3) is 0 Å². The first kappa shape index (κ1) is 25.0. The van der Waals surface area contributed by atoms with Crippen LogP contribution in [0.1, 0.15) is 69.2 Å². The van der Waals surface area contributed by atoms with E-state index in [1.807, 2.05) is 6.20 Å². The molecule has 6 atom stereocenters. The van der Waals surface area contributed by atoms with Gasteiger partial charge in [0, 0.05) is 38.3 Å². The molecular weight excluding hydrogens is 458 g/mol. The zero-order chi connectivity index (χ0) is 25.6. The third-order valence-electron chi connectivity index (χ3n) is 9.62. The maximum absolute atomic E-state index is 10.3. The Kier molecular flexibility index (Phi) is 6.85. The van der Waals surface area contributed by atoms with Crippen molar-refractivity contribution in [1.82, 2.24) is 24.6 Å². The second kappa shape index (κ2) is 10.1. The van der Waals surface area contributed by atoms with E-state index in [1.54, 1.807) is 0 Å². The van der Waals surface area contributed by atoms with Gasteiger partial charge in [0.2, 0.25) is 0 Å². The largest absolute Gasteiger partial charge is 0.337 e. The topological polar surface area (TPSA) is 62.0 Å². The number of piperidine rings is 1. The molecule has 0 spiro atoms. The number of likely N-dealkylation sites (tertiary alicyclic amines) is 1. The highest BCUT2D eigenvalue weighted by Crippen LogP contribution is 2.57. The Hall–Kier alpha value is -2.27. The fourth-order valence-corrected chi connectivity index (χ4v) is 7.74. The van der Waals surface area contributed by atoms with Crippen LogP contribution in [0.3, 0.4) is 0 Å². The van der Waals surface area contributed by atoms with E-state index in [9.17, 15) is 5.26 Å². The Morgan fingerprint density at radius 1 is 1.22 bits per heavy atom. The fraction of sp³-hybridized carbons (Fsp3) is 0.700. The van der Waals surface area contributed by atoms with Gasteiger partial charge in [-0.25, -0.2) is 0 Å². The molecule has 1 saturated carbocycles. The molecule has 0 bridgehead atoms. The summed E-state index contributed by atoms with van der Waals surface area (Å²) in [5.41, 5.74) is 2.36. The number of aromatic nitrogens is 1. The standard InChI is InChI=1S/C30H43N7/c1-4-17-36(25-13-7-10-22-11-8-16-32-28(22)25)21-30-24(19-31)29(30)37-26(33-30)14-5-6-15-27(37)35-18-9-12-23(20-35)34(2)3/h5-6,8,11,16,23-25,27,29H,4,7,9-10,12-15,17-18,20-21H2,1-3H3/t23-,24?,25+,27?,29?,30?/m1/s1. The SMILES string of the molecule is CCCN(CC12N=C3CC=CCC(N4CCC[C@@H](N(C)C)C4)N3C1C2C#N)[C@H]1CCCc2cccnc21. The minimum Gasteiger partial charge on any atom is -0.337 e. The number of hydrogen-bond acceptors (Lipinski definition) is 7. The number of amidine groups is 1. The molecule has 6 rings (SSSR count). The quantitative estimate of drug-likeness (QED) is 0.529. The normalized spacial score (nSPS) is 35.0. The highest BCUT2D eigenvalue weighted by atomic mass is 15.5. The molecule has 4 heterocycles. The van der Waals surface area contributed by atoms with Gasteiger partial charge in [0.05, 0.1) is 35.9 Å². The highest BCUT2D eigenvalue weighted by Gasteiger charge is 2.74. The van der Waals surface area contributed by atoms with Crippen molar-refractivity contribution in [2.45, 2.75) is 88.1 Å². The molecule has 7 nitrogen and oxygen atoms in total. The van der Waals surface area contributed by atoms with E-state index in [-0.39, 0.29) is 17.5 Å². The molecule has 4 unspecified atom stereocenters. The summed E-state index contributed by atoms with van der Waals surface area (Å²) >= 11 is 0. The smallest absolute Gasteiger partial charge is 0.115 e. The zero-order valence-corrected chi connectivity index (χ0v) is 22.9. The molecule has 1 saturated heterocycles. The van der Waals surface area contributed by atoms with Gasteiger partial charge in [-0.15, -0.1) is 0 Å². The highest BCUT2D eigenvalue weighted by molar-refractivity contribution is 5.89. The summed E-state index contributed by atoms with van der Waals surface area (Å²) in [4.78, 5) is 20.6. The summed E-state index contributed by atoms with van der Waals surface area (Å²) in [5, 5.41) is 10.3.